The fraction of sp³-hybridized carbons (Fsp3) is 0.353. The maximum Gasteiger partial charge on any atom is 0.408 e. The molecule has 0 aliphatic heterocycles. The summed E-state index contributed by atoms with van der Waals surface area (Å²) in [4.78, 5) is 24.6. The van der Waals surface area contributed by atoms with E-state index < -0.39 is 23.6 Å². The molecule has 2 amide bonds. The van der Waals surface area contributed by atoms with Gasteiger partial charge in [-0.1, -0.05) is 35.5 Å². The minimum Gasteiger partial charge on any atom is -0.444 e. The lowest BCUT2D eigenvalue weighted by Gasteiger charge is -2.23. The highest BCUT2D eigenvalue weighted by molar-refractivity contribution is 5.96. The van der Waals surface area contributed by atoms with E-state index in [0.717, 1.165) is 0 Å². The van der Waals surface area contributed by atoms with E-state index >= 15 is 0 Å². The maximum absolute atomic E-state index is 12.6. The summed E-state index contributed by atoms with van der Waals surface area (Å²) in [6, 6.07) is 9.56. The molecule has 1 aromatic heterocycles. The Balaban J connectivity index is 2.16. The molecule has 2 N–H and O–H groups in total. The summed E-state index contributed by atoms with van der Waals surface area (Å²) in [5.74, 6) is 0.409. The Morgan fingerprint density at radius 2 is 1.88 bits per heavy atom. The molecule has 0 bridgehead atoms. The Morgan fingerprint density at radius 3 is 2.42 bits per heavy atom. The van der Waals surface area contributed by atoms with Gasteiger partial charge >= 0.3 is 6.09 Å². The second-order valence-corrected chi connectivity index (χ2v) is 6.30. The van der Waals surface area contributed by atoms with E-state index in [1.807, 2.05) is 6.07 Å². The van der Waals surface area contributed by atoms with E-state index in [2.05, 4.69) is 15.8 Å². The van der Waals surface area contributed by atoms with E-state index in [-0.39, 0.29) is 5.82 Å². The number of carbonyl (C=O) groups excluding carboxylic acids is 2. The second-order valence-electron chi connectivity index (χ2n) is 6.30. The predicted octanol–water partition coefficient (Wildman–Crippen LogP) is 3.19. The van der Waals surface area contributed by atoms with Gasteiger partial charge in [0, 0.05) is 6.07 Å². The third-order valence-corrected chi connectivity index (χ3v) is 2.94. The first-order valence-corrected chi connectivity index (χ1v) is 7.53. The van der Waals surface area contributed by atoms with Gasteiger partial charge in [0.1, 0.15) is 17.4 Å². The van der Waals surface area contributed by atoms with Crippen LogP contribution in [0.5, 0.6) is 0 Å². The summed E-state index contributed by atoms with van der Waals surface area (Å²) in [6.07, 6.45) is -0.678. The molecule has 2 aromatic rings. The topological polar surface area (TPSA) is 93.5 Å². The van der Waals surface area contributed by atoms with Crippen LogP contribution in [-0.2, 0) is 9.53 Å². The summed E-state index contributed by atoms with van der Waals surface area (Å²) in [5.41, 5.74) is -0.0357. The molecule has 0 radical (unpaired) electrons. The number of alkyl carbamates (subject to hydrolysis) is 1. The number of benzene rings is 1. The number of rotatable bonds is 4. The number of hydrogen-bond donors (Lipinski definition) is 2. The molecule has 24 heavy (non-hydrogen) atoms. The average molecular weight is 331 g/mol. The summed E-state index contributed by atoms with van der Waals surface area (Å²) < 4.78 is 10.2. The first-order chi connectivity index (χ1) is 11.2. The molecule has 0 spiro atoms. The van der Waals surface area contributed by atoms with Crippen LogP contribution in [-0.4, -0.2) is 22.8 Å². The number of carbonyl (C=O) groups is 2. The van der Waals surface area contributed by atoms with Gasteiger partial charge in [-0.3, -0.25) is 4.79 Å². The predicted molar refractivity (Wildman–Crippen MR) is 88.4 cm³/mol. The average Bonchev–Trinajstić information content (AvgIpc) is 2.89. The molecule has 2 rings (SSSR count). The van der Waals surface area contributed by atoms with Crippen molar-refractivity contribution in [2.24, 2.45) is 0 Å². The zero-order valence-corrected chi connectivity index (χ0v) is 14.1. The smallest absolute Gasteiger partial charge is 0.408 e. The van der Waals surface area contributed by atoms with Gasteiger partial charge in [0.15, 0.2) is 5.82 Å². The zero-order valence-electron chi connectivity index (χ0n) is 14.1. The van der Waals surface area contributed by atoms with Gasteiger partial charge in [0.2, 0.25) is 0 Å². The fourth-order valence-corrected chi connectivity index (χ4v) is 1.99. The number of hydrogen-bond acceptors (Lipinski definition) is 5. The lowest BCUT2D eigenvalue weighted by Crippen LogP contribution is -2.40. The van der Waals surface area contributed by atoms with Crippen LogP contribution in [0.15, 0.2) is 40.9 Å². The van der Waals surface area contributed by atoms with Crippen molar-refractivity contribution >= 4 is 17.8 Å². The van der Waals surface area contributed by atoms with Gasteiger partial charge in [0.25, 0.3) is 5.91 Å². The molecular weight excluding hydrogens is 310 g/mol. The monoisotopic (exact) mass is 331 g/mol. The Hall–Kier alpha value is -2.83. The van der Waals surface area contributed by atoms with Crippen LogP contribution in [0.2, 0.25) is 0 Å². The summed E-state index contributed by atoms with van der Waals surface area (Å²) in [5, 5.41) is 8.92. The van der Waals surface area contributed by atoms with Crippen molar-refractivity contribution in [1.82, 2.24) is 10.5 Å². The highest BCUT2D eigenvalue weighted by Gasteiger charge is 2.26. The molecule has 1 atom stereocenters. The molecular formula is C17H21N3O4. The number of ether oxygens (including phenoxy) is 1. The van der Waals surface area contributed by atoms with Crippen LogP contribution < -0.4 is 10.6 Å². The number of nitrogens with zero attached hydrogens (tertiary/aromatic N) is 1. The third kappa shape index (κ3) is 5.12. The molecule has 0 unspecified atom stereocenters. The van der Waals surface area contributed by atoms with Crippen LogP contribution >= 0.6 is 0 Å². The molecule has 0 saturated heterocycles. The molecule has 0 aliphatic rings. The van der Waals surface area contributed by atoms with Crippen LogP contribution in [0.4, 0.5) is 10.6 Å². The molecule has 128 valence electrons. The number of aromatic nitrogens is 1. The van der Waals surface area contributed by atoms with Crippen molar-refractivity contribution in [3.8, 4) is 0 Å². The first kappa shape index (κ1) is 17.5. The standard InChI is InChI=1S/C17H21N3O4/c1-11-10-13(20-24-11)18-15(21)14(12-8-6-5-7-9-12)19-16(22)23-17(2,3)4/h5-10,14H,1-4H3,(H,19,22)(H,18,20,21)/t14-/m0/s1. The lowest BCUT2D eigenvalue weighted by atomic mass is 10.1. The SMILES string of the molecule is Cc1cc(NC(=O)[C@@H](NC(=O)OC(C)(C)C)c2ccccc2)no1. The minimum atomic E-state index is -0.918. The van der Waals surface area contributed by atoms with Crippen LogP contribution in [0, 0.1) is 6.92 Å². The quantitative estimate of drug-likeness (QED) is 0.897. The Bertz CT molecular complexity index is 704. The summed E-state index contributed by atoms with van der Waals surface area (Å²) in [7, 11) is 0. The van der Waals surface area contributed by atoms with Crippen LogP contribution in [0.3, 0.4) is 0 Å². The largest absolute Gasteiger partial charge is 0.444 e. The molecule has 7 heteroatoms. The van der Waals surface area contributed by atoms with Gasteiger partial charge in [-0.15, -0.1) is 0 Å². The molecule has 1 heterocycles. The molecule has 7 nitrogen and oxygen atoms in total. The lowest BCUT2D eigenvalue weighted by molar-refractivity contribution is -0.118. The van der Waals surface area contributed by atoms with Gasteiger partial charge in [-0.05, 0) is 33.3 Å². The molecule has 0 aliphatic carbocycles. The van der Waals surface area contributed by atoms with E-state index in [4.69, 9.17) is 9.26 Å². The van der Waals surface area contributed by atoms with Gasteiger partial charge in [0.05, 0.1) is 0 Å². The second kappa shape index (κ2) is 7.16. The maximum atomic E-state index is 12.6. The molecule has 1 aromatic carbocycles. The number of nitrogens with one attached hydrogen (secondary N) is 2. The first-order valence-electron chi connectivity index (χ1n) is 7.53. The Labute approximate surface area is 140 Å². The highest BCUT2D eigenvalue weighted by Crippen LogP contribution is 2.17. The van der Waals surface area contributed by atoms with E-state index in [0.29, 0.717) is 11.3 Å². The van der Waals surface area contributed by atoms with Crippen molar-refractivity contribution in [1.29, 1.82) is 0 Å². The van der Waals surface area contributed by atoms with Crippen molar-refractivity contribution in [2.45, 2.75) is 39.3 Å². The number of aryl methyl sites for hydroxylation is 1. The summed E-state index contributed by atoms with van der Waals surface area (Å²) >= 11 is 0. The van der Waals surface area contributed by atoms with Gasteiger partial charge in [-0.2, -0.15) is 0 Å². The highest BCUT2D eigenvalue weighted by atomic mass is 16.6. The number of amides is 2. The van der Waals surface area contributed by atoms with Crippen LogP contribution in [0.25, 0.3) is 0 Å². The van der Waals surface area contributed by atoms with Gasteiger partial charge < -0.3 is 19.9 Å². The minimum absolute atomic E-state index is 0.282. The summed E-state index contributed by atoms with van der Waals surface area (Å²) in [6.45, 7) is 6.98. The van der Waals surface area contributed by atoms with Crippen molar-refractivity contribution in [2.75, 3.05) is 5.32 Å². The Morgan fingerprint density at radius 1 is 1.21 bits per heavy atom. The third-order valence-electron chi connectivity index (χ3n) is 2.94. The van der Waals surface area contributed by atoms with Crippen molar-refractivity contribution in [3.63, 3.8) is 0 Å². The Kier molecular flexibility index (Phi) is 5.23. The van der Waals surface area contributed by atoms with Gasteiger partial charge in [-0.25, -0.2) is 4.79 Å². The van der Waals surface area contributed by atoms with E-state index in [1.165, 1.54) is 0 Å². The zero-order chi connectivity index (χ0) is 17.7. The molecule has 0 saturated carbocycles. The van der Waals surface area contributed by atoms with E-state index in [1.54, 1.807) is 58.0 Å². The normalized spacial score (nSPS) is 12.3. The van der Waals surface area contributed by atoms with Crippen LogP contribution in [0.1, 0.15) is 38.1 Å². The van der Waals surface area contributed by atoms with Crippen molar-refractivity contribution < 1.29 is 18.8 Å². The fourth-order valence-electron chi connectivity index (χ4n) is 1.99. The van der Waals surface area contributed by atoms with Crippen molar-refractivity contribution in [3.05, 3.63) is 47.7 Å². The molecule has 0 fully saturated rings. The number of anilines is 1. The van der Waals surface area contributed by atoms with E-state index in [9.17, 15) is 9.59 Å².